The molecule has 1 aliphatic heterocycles. The van der Waals surface area contributed by atoms with Crippen molar-refractivity contribution < 1.29 is 4.74 Å². The standard InChI is InChI=1S/C15H17N7OS/c1-16-21-15-19-12-11(13(20-15)22-6-8-23-9-7-22)24-14(18-12)10-4-2-3-5-17-10/h2-5,16H,6-9H2,1H3,(H,19,20,21). The summed E-state index contributed by atoms with van der Waals surface area (Å²) >= 11 is 1.57. The quantitative estimate of drug-likeness (QED) is 0.690. The minimum atomic E-state index is 0.504. The summed E-state index contributed by atoms with van der Waals surface area (Å²) in [4.78, 5) is 20.4. The molecule has 24 heavy (non-hydrogen) atoms. The lowest BCUT2D eigenvalue weighted by Crippen LogP contribution is -2.37. The number of pyridine rings is 1. The first kappa shape index (κ1) is 15.2. The van der Waals surface area contributed by atoms with Crippen molar-refractivity contribution in [2.75, 3.05) is 43.7 Å². The number of hydrogen-bond donors (Lipinski definition) is 2. The van der Waals surface area contributed by atoms with Gasteiger partial charge in [0.2, 0.25) is 5.95 Å². The summed E-state index contributed by atoms with van der Waals surface area (Å²) in [6, 6.07) is 5.80. The van der Waals surface area contributed by atoms with E-state index in [4.69, 9.17) is 4.74 Å². The Kier molecular flexibility index (Phi) is 4.20. The van der Waals surface area contributed by atoms with Crippen LogP contribution in [-0.2, 0) is 4.74 Å². The van der Waals surface area contributed by atoms with Crippen LogP contribution in [0.2, 0.25) is 0 Å². The molecule has 0 aliphatic carbocycles. The first-order chi connectivity index (χ1) is 11.8. The zero-order valence-corrected chi connectivity index (χ0v) is 14.0. The first-order valence-corrected chi connectivity index (χ1v) is 8.52. The highest BCUT2D eigenvalue weighted by molar-refractivity contribution is 7.22. The summed E-state index contributed by atoms with van der Waals surface area (Å²) in [5.41, 5.74) is 7.33. The topological polar surface area (TPSA) is 88.1 Å². The number of rotatable bonds is 4. The lowest BCUT2D eigenvalue weighted by Gasteiger charge is -2.28. The molecule has 0 unspecified atom stereocenters. The number of nitrogens with zero attached hydrogens (tertiary/aromatic N) is 5. The van der Waals surface area contributed by atoms with Crippen molar-refractivity contribution in [3.8, 4) is 10.7 Å². The molecule has 1 fully saturated rings. The Morgan fingerprint density at radius 1 is 1.17 bits per heavy atom. The first-order valence-electron chi connectivity index (χ1n) is 7.70. The second-order valence-electron chi connectivity index (χ2n) is 5.23. The van der Waals surface area contributed by atoms with Crippen LogP contribution in [0.25, 0.3) is 21.0 Å². The second kappa shape index (κ2) is 6.63. The molecule has 9 heteroatoms. The Balaban J connectivity index is 1.83. The van der Waals surface area contributed by atoms with E-state index in [-0.39, 0.29) is 0 Å². The zero-order chi connectivity index (χ0) is 16.4. The van der Waals surface area contributed by atoms with Crippen LogP contribution in [0, 0.1) is 0 Å². The number of nitrogens with one attached hydrogen (secondary N) is 2. The highest BCUT2D eigenvalue weighted by atomic mass is 32.1. The fraction of sp³-hybridized carbons (Fsp3) is 0.333. The molecule has 4 heterocycles. The average Bonchev–Trinajstić information content (AvgIpc) is 3.07. The summed E-state index contributed by atoms with van der Waals surface area (Å²) in [5, 5.41) is 0.844. The van der Waals surface area contributed by atoms with Gasteiger partial charge in [-0.1, -0.05) is 6.07 Å². The maximum atomic E-state index is 5.45. The van der Waals surface area contributed by atoms with Gasteiger partial charge in [-0.3, -0.25) is 10.4 Å². The fourth-order valence-electron chi connectivity index (χ4n) is 2.57. The van der Waals surface area contributed by atoms with Gasteiger partial charge in [0, 0.05) is 26.3 Å². The van der Waals surface area contributed by atoms with Gasteiger partial charge in [0.1, 0.15) is 9.71 Å². The molecule has 124 valence electrons. The van der Waals surface area contributed by atoms with Crippen LogP contribution in [0.5, 0.6) is 0 Å². The number of fused-ring (bicyclic) bond motifs is 1. The van der Waals surface area contributed by atoms with Gasteiger partial charge in [-0.25, -0.2) is 10.4 Å². The fourth-order valence-corrected chi connectivity index (χ4v) is 3.57. The van der Waals surface area contributed by atoms with Gasteiger partial charge in [-0.15, -0.1) is 11.3 Å². The Bertz CT molecular complexity index is 832. The smallest absolute Gasteiger partial charge is 0.241 e. The van der Waals surface area contributed by atoms with Crippen LogP contribution in [-0.4, -0.2) is 53.3 Å². The van der Waals surface area contributed by atoms with Crippen molar-refractivity contribution in [1.29, 1.82) is 0 Å². The molecule has 3 aromatic heterocycles. The highest BCUT2D eigenvalue weighted by Gasteiger charge is 2.21. The number of hydrogen-bond acceptors (Lipinski definition) is 9. The monoisotopic (exact) mass is 343 g/mol. The Morgan fingerprint density at radius 2 is 2.04 bits per heavy atom. The molecule has 1 saturated heterocycles. The minimum absolute atomic E-state index is 0.504. The third-order valence-electron chi connectivity index (χ3n) is 3.67. The molecule has 0 aromatic carbocycles. The van der Waals surface area contributed by atoms with Gasteiger partial charge >= 0.3 is 0 Å². The van der Waals surface area contributed by atoms with Crippen molar-refractivity contribution in [1.82, 2.24) is 25.4 Å². The molecule has 2 N–H and O–H groups in total. The number of anilines is 2. The highest BCUT2D eigenvalue weighted by Crippen LogP contribution is 2.34. The molecule has 0 radical (unpaired) electrons. The van der Waals surface area contributed by atoms with Crippen molar-refractivity contribution in [3.63, 3.8) is 0 Å². The molecule has 0 saturated carbocycles. The van der Waals surface area contributed by atoms with E-state index in [1.165, 1.54) is 0 Å². The van der Waals surface area contributed by atoms with E-state index in [1.807, 2.05) is 18.2 Å². The summed E-state index contributed by atoms with van der Waals surface area (Å²) in [7, 11) is 1.78. The summed E-state index contributed by atoms with van der Waals surface area (Å²) in [6.45, 7) is 3.02. The van der Waals surface area contributed by atoms with Gasteiger partial charge in [-0.2, -0.15) is 9.97 Å². The molecular formula is C15H17N7OS. The van der Waals surface area contributed by atoms with Crippen LogP contribution in [0.3, 0.4) is 0 Å². The molecule has 0 spiro atoms. The van der Waals surface area contributed by atoms with Crippen LogP contribution in [0.15, 0.2) is 24.4 Å². The van der Waals surface area contributed by atoms with Crippen molar-refractivity contribution >= 4 is 33.5 Å². The van der Waals surface area contributed by atoms with Gasteiger partial charge in [0.25, 0.3) is 0 Å². The molecule has 1 aliphatic rings. The number of aromatic nitrogens is 4. The number of ether oxygens (including phenoxy) is 1. The Labute approximate surface area is 142 Å². The van der Waals surface area contributed by atoms with Gasteiger partial charge in [-0.05, 0) is 12.1 Å². The van der Waals surface area contributed by atoms with Crippen LogP contribution >= 0.6 is 11.3 Å². The van der Waals surface area contributed by atoms with Gasteiger partial charge in [0.05, 0.1) is 18.9 Å². The number of hydrazine groups is 1. The van der Waals surface area contributed by atoms with Gasteiger partial charge < -0.3 is 9.64 Å². The van der Waals surface area contributed by atoms with Crippen molar-refractivity contribution in [2.45, 2.75) is 0 Å². The molecule has 8 nitrogen and oxygen atoms in total. The zero-order valence-electron chi connectivity index (χ0n) is 13.2. The molecule has 0 amide bonds. The van der Waals surface area contributed by atoms with Crippen LogP contribution in [0.1, 0.15) is 0 Å². The van der Waals surface area contributed by atoms with E-state index >= 15 is 0 Å². The second-order valence-corrected chi connectivity index (χ2v) is 6.23. The largest absolute Gasteiger partial charge is 0.378 e. The molecule has 0 bridgehead atoms. The number of thiazole rings is 1. The molecule has 3 aromatic rings. The van der Waals surface area contributed by atoms with E-state index in [2.05, 4.69) is 35.7 Å². The van der Waals surface area contributed by atoms with E-state index < -0.39 is 0 Å². The average molecular weight is 343 g/mol. The maximum absolute atomic E-state index is 5.45. The maximum Gasteiger partial charge on any atom is 0.241 e. The van der Waals surface area contributed by atoms with Crippen molar-refractivity contribution in [2.24, 2.45) is 0 Å². The summed E-state index contributed by atoms with van der Waals surface area (Å²) < 4.78 is 6.42. The molecular weight excluding hydrogens is 326 g/mol. The third-order valence-corrected chi connectivity index (χ3v) is 4.73. The van der Waals surface area contributed by atoms with Crippen LogP contribution in [0.4, 0.5) is 11.8 Å². The summed E-state index contributed by atoms with van der Waals surface area (Å²) in [5.74, 6) is 1.39. The van der Waals surface area contributed by atoms with E-state index in [0.29, 0.717) is 24.8 Å². The predicted octanol–water partition coefficient (Wildman–Crippen LogP) is 1.53. The number of morpholine rings is 1. The third kappa shape index (κ3) is 2.88. The lowest BCUT2D eigenvalue weighted by atomic mass is 10.4. The predicted molar refractivity (Wildman–Crippen MR) is 94.2 cm³/mol. The van der Waals surface area contributed by atoms with Crippen molar-refractivity contribution in [3.05, 3.63) is 24.4 Å². The van der Waals surface area contributed by atoms with E-state index in [0.717, 1.165) is 34.3 Å². The molecule has 0 atom stereocenters. The lowest BCUT2D eigenvalue weighted by molar-refractivity contribution is 0.122. The Hall–Kier alpha value is -2.36. The molecule has 4 rings (SSSR count). The van der Waals surface area contributed by atoms with E-state index in [1.54, 1.807) is 24.6 Å². The van der Waals surface area contributed by atoms with E-state index in [9.17, 15) is 0 Å². The Morgan fingerprint density at radius 3 is 2.79 bits per heavy atom. The van der Waals surface area contributed by atoms with Crippen LogP contribution < -0.4 is 15.8 Å². The normalized spacial score (nSPS) is 15.0. The minimum Gasteiger partial charge on any atom is -0.378 e. The summed E-state index contributed by atoms with van der Waals surface area (Å²) in [6.07, 6.45) is 1.77. The SMILES string of the molecule is CNNc1nc(N2CCOCC2)c2sc(-c3ccccn3)nc2n1. The van der Waals surface area contributed by atoms with Gasteiger partial charge in [0.15, 0.2) is 11.5 Å².